The molecular formula is C17H22N2O2S2. The van der Waals surface area contributed by atoms with Gasteiger partial charge in [-0.2, -0.15) is 0 Å². The van der Waals surface area contributed by atoms with Crippen molar-refractivity contribution < 1.29 is 8.42 Å². The first-order valence-corrected chi connectivity index (χ1v) is 10.1. The van der Waals surface area contributed by atoms with Crippen LogP contribution in [-0.2, 0) is 10.0 Å². The zero-order valence-corrected chi connectivity index (χ0v) is 15.1. The SMILES string of the molecule is Cc1cccc(N2CCC(NS(=O)(=O)c3ccc(C)s3)CC2)c1. The van der Waals surface area contributed by atoms with E-state index in [1.54, 1.807) is 6.07 Å². The molecule has 0 bridgehead atoms. The summed E-state index contributed by atoms with van der Waals surface area (Å²) in [4.78, 5) is 3.34. The van der Waals surface area contributed by atoms with Crippen molar-refractivity contribution in [2.45, 2.75) is 36.9 Å². The predicted molar refractivity (Wildman–Crippen MR) is 95.8 cm³/mol. The molecule has 1 N–H and O–H groups in total. The van der Waals surface area contributed by atoms with Crippen LogP contribution in [0.5, 0.6) is 0 Å². The molecule has 0 unspecified atom stereocenters. The average molecular weight is 351 g/mol. The van der Waals surface area contributed by atoms with Crippen molar-refractivity contribution in [2.75, 3.05) is 18.0 Å². The summed E-state index contributed by atoms with van der Waals surface area (Å²) in [5.74, 6) is 0. The first-order chi connectivity index (χ1) is 10.9. The Balaban J connectivity index is 1.61. The fourth-order valence-electron chi connectivity index (χ4n) is 2.91. The van der Waals surface area contributed by atoms with E-state index < -0.39 is 10.0 Å². The maximum Gasteiger partial charge on any atom is 0.250 e. The third kappa shape index (κ3) is 3.94. The third-order valence-corrected chi connectivity index (χ3v) is 7.18. The second-order valence-electron chi connectivity index (χ2n) is 6.09. The number of sulfonamides is 1. The molecule has 6 heteroatoms. The fraction of sp³-hybridized carbons (Fsp3) is 0.412. The largest absolute Gasteiger partial charge is 0.371 e. The van der Waals surface area contributed by atoms with Gasteiger partial charge in [0, 0.05) is 29.7 Å². The Kier molecular flexibility index (Phi) is 4.75. The lowest BCUT2D eigenvalue weighted by Gasteiger charge is -2.33. The van der Waals surface area contributed by atoms with Crippen molar-refractivity contribution in [2.24, 2.45) is 0 Å². The number of benzene rings is 1. The van der Waals surface area contributed by atoms with Crippen molar-refractivity contribution in [3.63, 3.8) is 0 Å². The lowest BCUT2D eigenvalue weighted by molar-refractivity contribution is 0.460. The van der Waals surface area contributed by atoms with E-state index in [1.165, 1.54) is 22.6 Å². The Hall–Kier alpha value is -1.37. The van der Waals surface area contributed by atoms with Gasteiger partial charge in [0.2, 0.25) is 10.0 Å². The molecule has 1 aromatic carbocycles. The molecule has 1 saturated heterocycles. The highest BCUT2D eigenvalue weighted by Crippen LogP contribution is 2.24. The quantitative estimate of drug-likeness (QED) is 0.920. The fourth-order valence-corrected chi connectivity index (χ4v) is 5.52. The van der Waals surface area contributed by atoms with Crippen molar-refractivity contribution in [3.05, 3.63) is 46.8 Å². The van der Waals surface area contributed by atoms with E-state index >= 15 is 0 Å². The second kappa shape index (κ2) is 6.63. The molecule has 124 valence electrons. The lowest BCUT2D eigenvalue weighted by Crippen LogP contribution is -2.44. The number of piperidine rings is 1. The van der Waals surface area contributed by atoms with Gasteiger partial charge in [-0.05, 0) is 56.5 Å². The highest BCUT2D eigenvalue weighted by Gasteiger charge is 2.25. The van der Waals surface area contributed by atoms with E-state index in [9.17, 15) is 8.42 Å². The predicted octanol–water partition coefficient (Wildman–Crippen LogP) is 3.31. The average Bonchev–Trinajstić information content (AvgIpc) is 2.95. The summed E-state index contributed by atoms with van der Waals surface area (Å²) in [6.07, 6.45) is 1.66. The molecule has 0 amide bonds. The molecule has 1 aromatic heterocycles. The zero-order chi connectivity index (χ0) is 16.4. The van der Waals surface area contributed by atoms with Crippen LogP contribution in [0.4, 0.5) is 5.69 Å². The van der Waals surface area contributed by atoms with E-state index in [4.69, 9.17) is 0 Å². The van der Waals surface area contributed by atoms with Crippen LogP contribution >= 0.6 is 11.3 Å². The monoisotopic (exact) mass is 350 g/mol. The molecule has 1 fully saturated rings. The van der Waals surface area contributed by atoms with Gasteiger partial charge in [0.25, 0.3) is 0 Å². The van der Waals surface area contributed by atoms with Gasteiger partial charge in [-0.25, -0.2) is 13.1 Å². The molecule has 23 heavy (non-hydrogen) atoms. The summed E-state index contributed by atoms with van der Waals surface area (Å²) >= 11 is 1.32. The molecule has 2 aromatic rings. The Morgan fingerprint density at radius 3 is 2.48 bits per heavy atom. The smallest absolute Gasteiger partial charge is 0.250 e. The minimum atomic E-state index is -3.38. The molecule has 4 nitrogen and oxygen atoms in total. The van der Waals surface area contributed by atoms with Gasteiger partial charge in [0.05, 0.1) is 0 Å². The summed E-state index contributed by atoms with van der Waals surface area (Å²) in [6, 6.07) is 12.0. The molecule has 0 aliphatic carbocycles. The molecule has 3 rings (SSSR count). The van der Waals surface area contributed by atoms with Crippen molar-refractivity contribution in [1.29, 1.82) is 0 Å². The normalized spacial score (nSPS) is 16.7. The topological polar surface area (TPSA) is 49.4 Å². The first kappa shape index (κ1) is 16.5. The van der Waals surface area contributed by atoms with E-state index in [2.05, 4.69) is 40.8 Å². The standard InChI is InChI=1S/C17H22N2O2S2/c1-13-4-3-5-16(12-13)19-10-8-15(9-11-19)18-23(20,21)17-7-6-14(2)22-17/h3-7,12,15,18H,8-11H2,1-2H3. The Morgan fingerprint density at radius 1 is 1.13 bits per heavy atom. The van der Waals surface area contributed by atoms with Crippen LogP contribution in [0.15, 0.2) is 40.6 Å². The van der Waals surface area contributed by atoms with Gasteiger partial charge in [-0.15, -0.1) is 11.3 Å². The van der Waals surface area contributed by atoms with Crippen LogP contribution in [-0.4, -0.2) is 27.5 Å². The van der Waals surface area contributed by atoms with Crippen LogP contribution in [0.25, 0.3) is 0 Å². The Labute approximate surface area is 142 Å². The van der Waals surface area contributed by atoms with E-state index in [0.717, 1.165) is 30.8 Å². The van der Waals surface area contributed by atoms with E-state index in [0.29, 0.717) is 4.21 Å². The highest BCUT2D eigenvalue weighted by molar-refractivity contribution is 7.91. The molecule has 1 aliphatic heterocycles. The van der Waals surface area contributed by atoms with E-state index in [1.807, 2.05) is 13.0 Å². The summed E-state index contributed by atoms with van der Waals surface area (Å²) in [6.45, 7) is 5.76. The van der Waals surface area contributed by atoms with Crippen LogP contribution in [0.2, 0.25) is 0 Å². The number of aryl methyl sites for hydroxylation is 2. The van der Waals surface area contributed by atoms with Crippen molar-refractivity contribution in [1.82, 2.24) is 4.72 Å². The third-order valence-electron chi connectivity index (χ3n) is 4.16. The summed E-state index contributed by atoms with van der Waals surface area (Å²) < 4.78 is 28.1. The van der Waals surface area contributed by atoms with Gasteiger partial charge in [-0.1, -0.05) is 12.1 Å². The summed E-state index contributed by atoms with van der Waals surface area (Å²) in [7, 11) is -3.38. The number of thiophene rings is 1. The molecular weight excluding hydrogens is 328 g/mol. The first-order valence-electron chi connectivity index (χ1n) is 7.84. The zero-order valence-electron chi connectivity index (χ0n) is 13.5. The molecule has 1 aliphatic rings. The Morgan fingerprint density at radius 2 is 1.87 bits per heavy atom. The number of hydrogen-bond acceptors (Lipinski definition) is 4. The number of anilines is 1. The van der Waals surface area contributed by atoms with Crippen LogP contribution in [0, 0.1) is 13.8 Å². The number of rotatable bonds is 4. The molecule has 0 atom stereocenters. The van der Waals surface area contributed by atoms with Crippen LogP contribution < -0.4 is 9.62 Å². The van der Waals surface area contributed by atoms with Crippen LogP contribution in [0.3, 0.4) is 0 Å². The summed E-state index contributed by atoms with van der Waals surface area (Å²) in [5.41, 5.74) is 2.47. The second-order valence-corrected chi connectivity index (χ2v) is 9.32. The van der Waals surface area contributed by atoms with E-state index in [-0.39, 0.29) is 6.04 Å². The lowest BCUT2D eigenvalue weighted by atomic mass is 10.1. The summed E-state index contributed by atoms with van der Waals surface area (Å²) in [5, 5.41) is 0. The highest BCUT2D eigenvalue weighted by atomic mass is 32.2. The Bertz CT molecular complexity index is 775. The minimum Gasteiger partial charge on any atom is -0.371 e. The maximum absolute atomic E-state index is 12.4. The minimum absolute atomic E-state index is 0.0171. The number of hydrogen-bond donors (Lipinski definition) is 1. The molecule has 0 radical (unpaired) electrons. The molecule has 0 spiro atoms. The van der Waals surface area contributed by atoms with Crippen molar-refractivity contribution in [3.8, 4) is 0 Å². The van der Waals surface area contributed by atoms with Crippen LogP contribution in [0.1, 0.15) is 23.3 Å². The van der Waals surface area contributed by atoms with Gasteiger partial charge in [-0.3, -0.25) is 0 Å². The number of nitrogens with one attached hydrogen (secondary N) is 1. The van der Waals surface area contributed by atoms with Gasteiger partial charge < -0.3 is 4.90 Å². The molecule has 2 heterocycles. The van der Waals surface area contributed by atoms with Crippen molar-refractivity contribution >= 4 is 27.0 Å². The van der Waals surface area contributed by atoms with Gasteiger partial charge >= 0.3 is 0 Å². The molecule has 0 saturated carbocycles. The van der Waals surface area contributed by atoms with Gasteiger partial charge in [0.1, 0.15) is 4.21 Å². The van der Waals surface area contributed by atoms with Gasteiger partial charge in [0.15, 0.2) is 0 Å². The maximum atomic E-state index is 12.4. The number of nitrogens with zero attached hydrogens (tertiary/aromatic N) is 1.